The SMILES string of the molecule is c1ccc(-c2cccc(-c3c4ccccc4c(-c4cc5ccccc5c5ccccc45)c4ccc(-c5ccccc5)cc34)c2)cc1. The second kappa shape index (κ2) is 10.9. The maximum atomic E-state index is 2.41. The molecule has 0 saturated carbocycles. The molecule has 0 aliphatic carbocycles. The number of rotatable bonds is 4. The van der Waals surface area contributed by atoms with E-state index in [1.54, 1.807) is 0 Å². The van der Waals surface area contributed by atoms with Gasteiger partial charge in [-0.2, -0.15) is 0 Å². The van der Waals surface area contributed by atoms with Crippen molar-refractivity contribution >= 4 is 43.1 Å². The summed E-state index contributed by atoms with van der Waals surface area (Å²) in [6.45, 7) is 0. The molecule has 0 saturated heterocycles. The Morgan fingerprint density at radius 1 is 0.217 bits per heavy atom. The smallest absolute Gasteiger partial charge is 0.00199 e. The average molecular weight is 583 g/mol. The van der Waals surface area contributed by atoms with E-state index in [0.29, 0.717) is 0 Å². The summed E-state index contributed by atoms with van der Waals surface area (Å²) < 4.78 is 0. The first-order valence-electron chi connectivity index (χ1n) is 15.9. The lowest BCUT2D eigenvalue weighted by molar-refractivity contribution is 1.61. The molecule has 9 aromatic rings. The Morgan fingerprint density at radius 2 is 0.717 bits per heavy atom. The van der Waals surface area contributed by atoms with Gasteiger partial charge < -0.3 is 0 Å². The molecule has 0 radical (unpaired) electrons. The van der Waals surface area contributed by atoms with E-state index in [1.807, 2.05) is 0 Å². The Balaban J connectivity index is 1.43. The molecule has 0 atom stereocenters. The number of hydrogen-bond donors (Lipinski definition) is 0. The maximum absolute atomic E-state index is 2.41. The van der Waals surface area contributed by atoms with Gasteiger partial charge in [-0.05, 0) is 106 Å². The zero-order chi connectivity index (χ0) is 30.5. The highest BCUT2D eigenvalue weighted by atomic mass is 14.2. The minimum Gasteiger partial charge on any atom is -0.0622 e. The van der Waals surface area contributed by atoms with Crippen LogP contribution in [0.1, 0.15) is 0 Å². The van der Waals surface area contributed by atoms with Gasteiger partial charge in [0.2, 0.25) is 0 Å². The lowest BCUT2D eigenvalue weighted by Gasteiger charge is -2.20. The van der Waals surface area contributed by atoms with Gasteiger partial charge in [0.25, 0.3) is 0 Å². The van der Waals surface area contributed by atoms with Crippen molar-refractivity contribution in [3.63, 3.8) is 0 Å². The average Bonchev–Trinajstić information content (AvgIpc) is 3.14. The van der Waals surface area contributed by atoms with Crippen LogP contribution in [0.3, 0.4) is 0 Å². The summed E-state index contributed by atoms with van der Waals surface area (Å²) in [6.07, 6.45) is 0. The highest BCUT2D eigenvalue weighted by molar-refractivity contribution is 6.26. The molecule has 9 rings (SSSR count). The first-order chi connectivity index (χ1) is 22.8. The summed E-state index contributed by atoms with van der Waals surface area (Å²) in [7, 11) is 0. The Bertz CT molecular complexity index is 2560. The normalized spacial score (nSPS) is 11.5. The van der Waals surface area contributed by atoms with E-state index >= 15 is 0 Å². The largest absolute Gasteiger partial charge is 0.0622 e. The quantitative estimate of drug-likeness (QED) is 0.143. The van der Waals surface area contributed by atoms with E-state index < -0.39 is 0 Å². The third-order valence-electron chi connectivity index (χ3n) is 9.43. The van der Waals surface area contributed by atoms with Crippen LogP contribution in [0.15, 0.2) is 182 Å². The number of hydrogen-bond acceptors (Lipinski definition) is 0. The summed E-state index contributed by atoms with van der Waals surface area (Å²) in [5, 5.41) is 10.2. The van der Waals surface area contributed by atoms with Crippen molar-refractivity contribution in [1.29, 1.82) is 0 Å². The van der Waals surface area contributed by atoms with E-state index in [0.717, 1.165) is 0 Å². The molecule has 46 heavy (non-hydrogen) atoms. The molecule has 0 spiro atoms. The molecule has 0 amide bonds. The van der Waals surface area contributed by atoms with Crippen molar-refractivity contribution in [2.75, 3.05) is 0 Å². The molecular weight excluding hydrogens is 553 g/mol. The number of benzene rings is 9. The van der Waals surface area contributed by atoms with Crippen LogP contribution in [0, 0.1) is 0 Å². The van der Waals surface area contributed by atoms with E-state index in [1.165, 1.54) is 87.6 Å². The van der Waals surface area contributed by atoms with E-state index in [9.17, 15) is 0 Å². The fourth-order valence-electron chi connectivity index (χ4n) is 7.34. The van der Waals surface area contributed by atoms with Gasteiger partial charge in [-0.1, -0.05) is 164 Å². The van der Waals surface area contributed by atoms with Crippen molar-refractivity contribution in [1.82, 2.24) is 0 Å². The minimum absolute atomic E-state index is 1.22. The highest BCUT2D eigenvalue weighted by Crippen LogP contribution is 2.47. The second-order valence-corrected chi connectivity index (χ2v) is 12.1. The summed E-state index contributed by atoms with van der Waals surface area (Å²) >= 11 is 0. The highest BCUT2D eigenvalue weighted by Gasteiger charge is 2.20. The lowest BCUT2D eigenvalue weighted by Crippen LogP contribution is -1.93. The molecule has 0 fully saturated rings. The first kappa shape index (κ1) is 26.4. The van der Waals surface area contributed by atoms with E-state index in [-0.39, 0.29) is 0 Å². The van der Waals surface area contributed by atoms with Crippen LogP contribution in [0.25, 0.3) is 87.6 Å². The third kappa shape index (κ3) is 4.30. The van der Waals surface area contributed by atoms with Crippen LogP contribution in [-0.4, -0.2) is 0 Å². The first-order valence-corrected chi connectivity index (χ1v) is 15.9. The lowest BCUT2D eigenvalue weighted by atomic mass is 9.82. The molecule has 9 aromatic carbocycles. The molecule has 0 aliphatic rings. The van der Waals surface area contributed by atoms with Crippen molar-refractivity contribution in [3.05, 3.63) is 182 Å². The standard InChI is InChI=1S/C46H30/c1-3-14-31(15-4-1)33-19-13-20-36(28-33)45-40-24-11-12-25-41(40)46(42-27-26-34(29-44(42)45)32-16-5-2-6-17-32)43-30-35-18-7-8-21-37(35)38-22-9-10-23-39(38)43/h1-30H. The molecule has 0 nitrogen and oxygen atoms in total. The third-order valence-corrected chi connectivity index (χ3v) is 9.43. The Morgan fingerprint density at radius 3 is 1.43 bits per heavy atom. The van der Waals surface area contributed by atoms with Gasteiger partial charge in [0, 0.05) is 0 Å². The van der Waals surface area contributed by atoms with Gasteiger partial charge in [0.1, 0.15) is 0 Å². The van der Waals surface area contributed by atoms with Gasteiger partial charge in [-0.15, -0.1) is 0 Å². The Hall–Kier alpha value is -5.98. The molecule has 214 valence electrons. The van der Waals surface area contributed by atoms with Crippen molar-refractivity contribution in [3.8, 4) is 44.5 Å². The molecule has 0 unspecified atom stereocenters. The summed E-state index contributed by atoms with van der Waals surface area (Å²) in [4.78, 5) is 0. The summed E-state index contributed by atoms with van der Waals surface area (Å²) in [6, 6.07) is 66.6. The zero-order valence-corrected chi connectivity index (χ0v) is 25.3. The minimum atomic E-state index is 1.22. The van der Waals surface area contributed by atoms with Crippen LogP contribution in [0.4, 0.5) is 0 Å². The van der Waals surface area contributed by atoms with Crippen LogP contribution >= 0.6 is 0 Å². The number of fused-ring (bicyclic) bond motifs is 5. The van der Waals surface area contributed by atoms with Crippen molar-refractivity contribution < 1.29 is 0 Å². The molecule has 0 aliphatic heterocycles. The van der Waals surface area contributed by atoms with Crippen LogP contribution in [0.2, 0.25) is 0 Å². The fraction of sp³-hybridized carbons (Fsp3) is 0. The van der Waals surface area contributed by atoms with E-state index in [2.05, 4.69) is 182 Å². The Labute approximate surface area is 268 Å². The predicted molar refractivity (Wildman–Crippen MR) is 198 cm³/mol. The predicted octanol–water partition coefficient (Wildman–Crippen LogP) is 13.0. The topological polar surface area (TPSA) is 0 Å². The van der Waals surface area contributed by atoms with Gasteiger partial charge in [-0.25, -0.2) is 0 Å². The van der Waals surface area contributed by atoms with Crippen LogP contribution in [-0.2, 0) is 0 Å². The van der Waals surface area contributed by atoms with Crippen LogP contribution < -0.4 is 0 Å². The maximum Gasteiger partial charge on any atom is -0.00199 e. The molecule has 0 N–H and O–H groups in total. The van der Waals surface area contributed by atoms with Gasteiger partial charge >= 0.3 is 0 Å². The van der Waals surface area contributed by atoms with Gasteiger partial charge in [0.15, 0.2) is 0 Å². The molecular formula is C46H30. The molecule has 0 heteroatoms. The zero-order valence-electron chi connectivity index (χ0n) is 25.3. The van der Waals surface area contributed by atoms with Crippen molar-refractivity contribution in [2.45, 2.75) is 0 Å². The van der Waals surface area contributed by atoms with Crippen LogP contribution in [0.5, 0.6) is 0 Å². The monoisotopic (exact) mass is 582 g/mol. The second-order valence-electron chi connectivity index (χ2n) is 12.1. The van der Waals surface area contributed by atoms with Gasteiger partial charge in [-0.3, -0.25) is 0 Å². The summed E-state index contributed by atoms with van der Waals surface area (Å²) in [5.74, 6) is 0. The van der Waals surface area contributed by atoms with Gasteiger partial charge in [0.05, 0.1) is 0 Å². The molecule has 0 aromatic heterocycles. The fourth-order valence-corrected chi connectivity index (χ4v) is 7.34. The summed E-state index contributed by atoms with van der Waals surface area (Å²) in [5.41, 5.74) is 9.94. The van der Waals surface area contributed by atoms with E-state index in [4.69, 9.17) is 0 Å². The molecule has 0 heterocycles. The Kier molecular flexibility index (Phi) is 6.25. The van der Waals surface area contributed by atoms with Crippen molar-refractivity contribution in [2.24, 2.45) is 0 Å². The molecule has 0 bridgehead atoms.